The van der Waals surface area contributed by atoms with Crippen molar-refractivity contribution in [2.24, 2.45) is 0 Å². The Morgan fingerprint density at radius 2 is 1.69 bits per heavy atom. The normalized spacial score (nSPS) is 17.8. The highest BCUT2D eigenvalue weighted by Gasteiger charge is 2.32. The van der Waals surface area contributed by atoms with E-state index in [4.69, 9.17) is 0 Å². The summed E-state index contributed by atoms with van der Waals surface area (Å²) in [4.78, 5) is 14.1. The SMILES string of the molecule is CCN(CC)C(=O)/C=C/c1ccc(C2c3ccc(O)cc3CCC2c2ccccc2)cc1. The van der Waals surface area contributed by atoms with Gasteiger partial charge in [0.15, 0.2) is 0 Å². The molecule has 1 aliphatic carbocycles. The van der Waals surface area contributed by atoms with Gasteiger partial charge in [-0.15, -0.1) is 0 Å². The molecule has 0 bridgehead atoms. The molecule has 0 spiro atoms. The van der Waals surface area contributed by atoms with Gasteiger partial charge in [0.25, 0.3) is 0 Å². The predicted molar refractivity (Wildman–Crippen MR) is 131 cm³/mol. The van der Waals surface area contributed by atoms with Gasteiger partial charge in [0, 0.05) is 25.1 Å². The number of aryl methyl sites for hydroxylation is 1. The molecular formula is C29H31NO2. The van der Waals surface area contributed by atoms with Gasteiger partial charge in [-0.05, 0) is 78.6 Å². The lowest BCUT2D eigenvalue weighted by molar-refractivity contribution is -0.125. The van der Waals surface area contributed by atoms with Gasteiger partial charge in [-0.25, -0.2) is 0 Å². The summed E-state index contributed by atoms with van der Waals surface area (Å²) in [5.41, 5.74) is 6.16. The molecule has 4 rings (SSSR count). The van der Waals surface area contributed by atoms with Gasteiger partial charge in [-0.1, -0.05) is 60.7 Å². The van der Waals surface area contributed by atoms with Crippen LogP contribution < -0.4 is 0 Å². The van der Waals surface area contributed by atoms with Crippen LogP contribution >= 0.6 is 0 Å². The highest BCUT2D eigenvalue weighted by Crippen LogP contribution is 2.46. The topological polar surface area (TPSA) is 40.5 Å². The number of carbonyl (C=O) groups is 1. The zero-order chi connectivity index (χ0) is 22.5. The first-order chi connectivity index (χ1) is 15.6. The summed E-state index contributed by atoms with van der Waals surface area (Å²) in [6.45, 7) is 5.43. The monoisotopic (exact) mass is 425 g/mol. The summed E-state index contributed by atoms with van der Waals surface area (Å²) in [6.07, 6.45) is 5.57. The Kier molecular flexibility index (Phi) is 6.75. The second-order valence-electron chi connectivity index (χ2n) is 8.43. The molecule has 0 aromatic heterocycles. The van der Waals surface area contributed by atoms with Crippen LogP contribution in [0.4, 0.5) is 0 Å². The first-order valence-corrected chi connectivity index (χ1v) is 11.5. The van der Waals surface area contributed by atoms with Gasteiger partial charge in [0.2, 0.25) is 5.91 Å². The van der Waals surface area contributed by atoms with Crippen LogP contribution in [0.1, 0.15) is 59.9 Å². The van der Waals surface area contributed by atoms with E-state index in [2.05, 4.69) is 60.7 Å². The fraction of sp³-hybridized carbons (Fsp3) is 0.276. The maximum Gasteiger partial charge on any atom is 0.246 e. The maximum absolute atomic E-state index is 12.3. The lowest BCUT2D eigenvalue weighted by Gasteiger charge is -2.34. The zero-order valence-electron chi connectivity index (χ0n) is 18.9. The summed E-state index contributed by atoms with van der Waals surface area (Å²) in [7, 11) is 0. The van der Waals surface area contributed by atoms with Crippen molar-refractivity contribution in [1.82, 2.24) is 4.90 Å². The molecule has 0 saturated carbocycles. The van der Waals surface area contributed by atoms with E-state index in [0.29, 0.717) is 11.7 Å². The van der Waals surface area contributed by atoms with E-state index in [1.165, 1.54) is 22.3 Å². The number of hydrogen-bond donors (Lipinski definition) is 1. The third-order valence-electron chi connectivity index (χ3n) is 6.61. The molecule has 0 radical (unpaired) electrons. The number of likely N-dealkylation sites (N-methyl/N-ethyl adjacent to an activating group) is 1. The lowest BCUT2D eigenvalue weighted by atomic mass is 9.69. The molecule has 32 heavy (non-hydrogen) atoms. The molecule has 3 heteroatoms. The van der Waals surface area contributed by atoms with E-state index < -0.39 is 0 Å². The van der Waals surface area contributed by atoms with Crippen molar-refractivity contribution in [2.45, 2.75) is 38.5 Å². The molecule has 0 heterocycles. The average Bonchev–Trinajstić information content (AvgIpc) is 2.83. The predicted octanol–water partition coefficient (Wildman–Crippen LogP) is 6.14. The first-order valence-electron chi connectivity index (χ1n) is 11.5. The average molecular weight is 426 g/mol. The van der Waals surface area contributed by atoms with Gasteiger partial charge in [-0.3, -0.25) is 4.79 Å². The highest BCUT2D eigenvalue weighted by atomic mass is 16.3. The van der Waals surface area contributed by atoms with Crippen molar-refractivity contribution in [2.75, 3.05) is 13.1 Å². The minimum atomic E-state index is 0.0456. The Labute approximate surface area is 191 Å². The Balaban J connectivity index is 1.65. The molecule has 1 N–H and O–H groups in total. The van der Waals surface area contributed by atoms with Crippen molar-refractivity contribution in [3.8, 4) is 5.75 Å². The van der Waals surface area contributed by atoms with Crippen LogP contribution in [-0.2, 0) is 11.2 Å². The fourth-order valence-corrected chi connectivity index (χ4v) is 4.90. The van der Waals surface area contributed by atoms with Gasteiger partial charge in [0.05, 0.1) is 0 Å². The molecule has 0 aliphatic heterocycles. The van der Waals surface area contributed by atoms with Crippen molar-refractivity contribution in [1.29, 1.82) is 0 Å². The molecule has 2 atom stereocenters. The van der Waals surface area contributed by atoms with Crippen LogP contribution in [0.15, 0.2) is 78.9 Å². The third-order valence-corrected chi connectivity index (χ3v) is 6.61. The molecule has 164 valence electrons. The van der Waals surface area contributed by atoms with E-state index in [0.717, 1.165) is 31.5 Å². The molecule has 0 saturated heterocycles. The van der Waals surface area contributed by atoms with Gasteiger partial charge < -0.3 is 10.0 Å². The number of rotatable bonds is 6. The number of aromatic hydroxyl groups is 1. The van der Waals surface area contributed by atoms with Gasteiger partial charge in [-0.2, -0.15) is 0 Å². The van der Waals surface area contributed by atoms with E-state index in [1.807, 2.05) is 30.9 Å². The van der Waals surface area contributed by atoms with Crippen LogP contribution in [0.2, 0.25) is 0 Å². The van der Waals surface area contributed by atoms with Crippen molar-refractivity contribution in [3.05, 3.63) is 107 Å². The number of hydrogen-bond acceptors (Lipinski definition) is 2. The van der Waals surface area contributed by atoms with E-state index in [-0.39, 0.29) is 11.8 Å². The van der Waals surface area contributed by atoms with Crippen LogP contribution in [0.3, 0.4) is 0 Å². The van der Waals surface area contributed by atoms with Crippen molar-refractivity contribution >= 4 is 12.0 Å². The van der Waals surface area contributed by atoms with Crippen molar-refractivity contribution < 1.29 is 9.90 Å². The maximum atomic E-state index is 12.3. The molecule has 3 nitrogen and oxygen atoms in total. The minimum Gasteiger partial charge on any atom is -0.508 e. The van der Waals surface area contributed by atoms with Gasteiger partial charge in [0.1, 0.15) is 5.75 Å². The Morgan fingerprint density at radius 1 is 0.969 bits per heavy atom. The van der Waals surface area contributed by atoms with Crippen LogP contribution in [0.5, 0.6) is 5.75 Å². The fourth-order valence-electron chi connectivity index (χ4n) is 4.90. The number of nitrogens with zero attached hydrogens (tertiary/aromatic N) is 1. The second-order valence-corrected chi connectivity index (χ2v) is 8.43. The molecule has 3 aromatic carbocycles. The summed E-state index contributed by atoms with van der Waals surface area (Å²) in [5, 5.41) is 10.0. The zero-order valence-corrected chi connectivity index (χ0v) is 18.9. The second kappa shape index (κ2) is 9.86. The van der Waals surface area contributed by atoms with Crippen LogP contribution in [0, 0.1) is 0 Å². The van der Waals surface area contributed by atoms with E-state index in [1.54, 1.807) is 12.1 Å². The molecule has 0 fully saturated rings. The van der Waals surface area contributed by atoms with E-state index in [9.17, 15) is 9.90 Å². The Bertz CT molecular complexity index is 1080. The molecular weight excluding hydrogens is 394 g/mol. The quantitative estimate of drug-likeness (QED) is 0.482. The number of phenolic OH excluding ortho intramolecular Hbond substituents is 1. The number of benzene rings is 3. The summed E-state index contributed by atoms with van der Waals surface area (Å²) in [5.74, 6) is 0.999. The number of amides is 1. The highest BCUT2D eigenvalue weighted by molar-refractivity contribution is 5.91. The molecule has 2 unspecified atom stereocenters. The molecule has 3 aromatic rings. The standard InChI is InChI=1S/C29H31NO2/c1-3-30(4-2)28(32)19-12-21-10-13-23(14-11-21)29-26(22-8-6-5-7-9-22)17-15-24-20-25(31)16-18-27(24)29/h5-14,16,18-20,26,29,31H,3-4,15,17H2,1-2H3/b19-12+. The molecule has 1 aliphatic rings. The number of fused-ring (bicyclic) bond motifs is 1. The third kappa shape index (κ3) is 4.62. The summed E-state index contributed by atoms with van der Waals surface area (Å²) < 4.78 is 0. The van der Waals surface area contributed by atoms with Crippen LogP contribution in [0.25, 0.3) is 6.08 Å². The largest absolute Gasteiger partial charge is 0.508 e. The van der Waals surface area contributed by atoms with Crippen LogP contribution in [-0.4, -0.2) is 29.0 Å². The number of carbonyl (C=O) groups excluding carboxylic acids is 1. The summed E-state index contributed by atoms with van der Waals surface area (Å²) in [6, 6.07) is 25.1. The Morgan fingerprint density at radius 3 is 2.38 bits per heavy atom. The lowest BCUT2D eigenvalue weighted by Crippen LogP contribution is -2.28. The smallest absolute Gasteiger partial charge is 0.246 e. The minimum absolute atomic E-state index is 0.0456. The van der Waals surface area contributed by atoms with E-state index >= 15 is 0 Å². The first kappa shape index (κ1) is 21.9. The van der Waals surface area contributed by atoms with Crippen molar-refractivity contribution in [3.63, 3.8) is 0 Å². The Hall–Kier alpha value is -3.33. The number of phenols is 1. The summed E-state index contributed by atoms with van der Waals surface area (Å²) >= 11 is 0. The molecule has 1 amide bonds. The van der Waals surface area contributed by atoms with Gasteiger partial charge >= 0.3 is 0 Å².